The summed E-state index contributed by atoms with van der Waals surface area (Å²) in [6, 6.07) is 11.4. The van der Waals surface area contributed by atoms with Crippen LogP contribution in [0.4, 0.5) is 15.8 Å². The molecule has 1 fully saturated rings. The third-order valence-corrected chi connectivity index (χ3v) is 4.22. The van der Waals surface area contributed by atoms with Crippen LogP contribution in [0, 0.1) is 12.7 Å². The fraction of sp³-hybridized carbons (Fsp3) is 0.176. The zero-order valence-corrected chi connectivity index (χ0v) is 12.8. The quantitative estimate of drug-likeness (QED) is 0.798. The largest absolute Gasteiger partial charge is 0.271 e. The first kappa shape index (κ1) is 14.5. The van der Waals surface area contributed by atoms with E-state index in [1.807, 2.05) is 0 Å². The van der Waals surface area contributed by atoms with Crippen LogP contribution in [0.5, 0.6) is 0 Å². The van der Waals surface area contributed by atoms with Crippen molar-refractivity contribution < 1.29 is 14.0 Å². The standard InChI is InChI=1S/C17H13FN4O2/c1-10-7-8-12(9-13(10)18)22-15-14(19-20-22)16(23)21(17(15)24)11-5-3-2-4-6-11/h2-9,14-15H,1H3/t14-,15-/m1/s1. The number of fused-ring (bicyclic) bond motifs is 1. The minimum atomic E-state index is -0.901. The van der Waals surface area contributed by atoms with Crippen molar-refractivity contribution in [3.05, 3.63) is 59.9 Å². The van der Waals surface area contributed by atoms with Gasteiger partial charge in [-0.15, -0.1) is 0 Å². The van der Waals surface area contributed by atoms with Crippen molar-refractivity contribution in [3.8, 4) is 0 Å². The van der Waals surface area contributed by atoms with Crippen LogP contribution in [0.15, 0.2) is 58.9 Å². The molecule has 0 radical (unpaired) electrons. The molecule has 0 unspecified atom stereocenters. The second-order valence-electron chi connectivity index (χ2n) is 5.72. The molecule has 0 aliphatic carbocycles. The second-order valence-corrected chi connectivity index (χ2v) is 5.72. The summed E-state index contributed by atoms with van der Waals surface area (Å²) in [5, 5.41) is 9.16. The highest BCUT2D eigenvalue weighted by Gasteiger charge is 2.55. The predicted molar refractivity (Wildman–Crippen MR) is 85.0 cm³/mol. The summed E-state index contributed by atoms with van der Waals surface area (Å²) in [7, 11) is 0. The molecule has 2 aliphatic heterocycles. The Balaban J connectivity index is 1.71. The van der Waals surface area contributed by atoms with E-state index in [2.05, 4.69) is 10.3 Å². The van der Waals surface area contributed by atoms with E-state index in [1.165, 1.54) is 11.1 Å². The Hall–Kier alpha value is -3.09. The number of nitrogens with zero attached hydrogens (tertiary/aromatic N) is 4. The predicted octanol–water partition coefficient (Wildman–Crippen LogP) is 2.63. The molecule has 0 spiro atoms. The molecule has 0 bridgehead atoms. The number of carbonyl (C=O) groups is 2. The molecule has 2 aliphatic rings. The summed E-state index contributed by atoms with van der Waals surface area (Å²) in [5.41, 5.74) is 1.38. The summed E-state index contributed by atoms with van der Waals surface area (Å²) in [6.45, 7) is 1.65. The molecule has 0 aromatic heterocycles. The minimum Gasteiger partial charge on any atom is -0.271 e. The average Bonchev–Trinajstić information content (AvgIpc) is 3.12. The Bertz CT molecular complexity index is 868. The maximum absolute atomic E-state index is 13.8. The summed E-state index contributed by atoms with van der Waals surface area (Å²) in [4.78, 5) is 26.4. The third-order valence-electron chi connectivity index (χ3n) is 4.22. The van der Waals surface area contributed by atoms with E-state index in [9.17, 15) is 14.0 Å². The van der Waals surface area contributed by atoms with E-state index in [1.54, 1.807) is 49.4 Å². The number of para-hydroxylation sites is 1. The summed E-state index contributed by atoms with van der Waals surface area (Å²) >= 11 is 0. The van der Waals surface area contributed by atoms with Crippen molar-refractivity contribution in [2.75, 3.05) is 9.91 Å². The molecule has 4 rings (SSSR count). The van der Waals surface area contributed by atoms with Crippen LogP contribution in [-0.2, 0) is 9.59 Å². The molecule has 120 valence electrons. The first-order chi connectivity index (χ1) is 11.6. The molecule has 7 heteroatoms. The minimum absolute atomic E-state index is 0.394. The fourth-order valence-corrected chi connectivity index (χ4v) is 2.93. The average molecular weight is 324 g/mol. The zero-order valence-electron chi connectivity index (χ0n) is 12.8. The number of anilines is 2. The van der Waals surface area contributed by atoms with Crippen LogP contribution in [0.1, 0.15) is 5.56 Å². The van der Waals surface area contributed by atoms with Gasteiger partial charge in [0.25, 0.3) is 11.8 Å². The smallest absolute Gasteiger partial charge is 0.263 e. The van der Waals surface area contributed by atoms with Gasteiger partial charge < -0.3 is 0 Å². The van der Waals surface area contributed by atoms with E-state index in [0.29, 0.717) is 16.9 Å². The normalized spacial score (nSPS) is 22.4. The van der Waals surface area contributed by atoms with Crippen molar-refractivity contribution in [2.45, 2.75) is 19.0 Å². The lowest BCUT2D eigenvalue weighted by molar-refractivity contribution is -0.121. The van der Waals surface area contributed by atoms with Gasteiger partial charge >= 0.3 is 0 Å². The molecular formula is C17H13FN4O2. The highest BCUT2D eigenvalue weighted by Crippen LogP contribution is 2.35. The SMILES string of the molecule is Cc1ccc(N2N=N[C@H]3C(=O)N(c4ccccc4)C(=O)[C@@H]32)cc1F. The molecule has 24 heavy (non-hydrogen) atoms. The highest BCUT2D eigenvalue weighted by molar-refractivity contribution is 6.26. The Morgan fingerprint density at radius 1 is 1.00 bits per heavy atom. The van der Waals surface area contributed by atoms with Gasteiger partial charge in [-0.2, -0.15) is 5.11 Å². The van der Waals surface area contributed by atoms with Crippen molar-refractivity contribution in [1.82, 2.24) is 0 Å². The van der Waals surface area contributed by atoms with Gasteiger partial charge in [0.1, 0.15) is 5.82 Å². The lowest BCUT2D eigenvalue weighted by Gasteiger charge is -2.20. The van der Waals surface area contributed by atoms with Crippen LogP contribution in [-0.4, -0.2) is 23.9 Å². The second kappa shape index (κ2) is 5.23. The monoisotopic (exact) mass is 324 g/mol. The van der Waals surface area contributed by atoms with Crippen molar-refractivity contribution in [3.63, 3.8) is 0 Å². The fourth-order valence-electron chi connectivity index (χ4n) is 2.93. The molecular weight excluding hydrogens is 311 g/mol. The topological polar surface area (TPSA) is 65.3 Å². The van der Waals surface area contributed by atoms with Crippen molar-refractivity contribution in [1.29, 1.82) is 0 Å². The maximum Gasteiger partial charge on any atom is 0.263 e. The molecule has 2 amide bonds. The van der Waals surface area contributed by atoms with Crippen LogP contribution in [0.25, 0.3) is 0 Å². The lowest BCUT2D eigenvalue weighted by Crippen LogP contribution is -2.40. The van der Waals surface area contributed by atoms with Gasteiger partial charge in [-0.05, 0) is 36.8 Å². The molecule has 2 aromatic carbocycles. The van der Waals surface area contributed by atoms with E-state index in [4.69, 9.17) is 0 Å². The zero-order chi connectivity index (χ0) is 16.8. The van der Waals surface area contributed by atoms with Gasteiger partial charge in [0.15, 0.2) is 12.1 Å². The summed E-state index contributed by atoms with van der Waals surface area (Å²) in [5.74, 6) is -1.24. The van der Waals surface area contributed by atoms with Crippen LogP contribution in [0.2, 0.25) is 0 Å². The first-order valence-corrected chi connectivity index (χ1v) is 7.47. The Labute approximate surface area is 137 Å². The van der Waals surface area contributed by atoms with Crippen molar-refractivity contribution in [2.24, 2.45) is 10.3 Å². The van der Waals surface area contributed by atoms with Gasteiger partial charge in [0.05, 0.1) is 11.4 Å². The van der Waals surface area contributed by atoms with Crippen LogP contribution >= 0.6 is 0 Å². The van der Waals surface area contributed by atoms with E-state index < -0.39 is 29.7 Å². The highest BCUT2D eigenvalue weighted by atomic mass is 19.1. The number of carbonyl (C=O) groups excluding carboxylic acids is 2. The van der Waals surface area contributed by atoms with E-state index >= 15 is 0 Å². The number of benzene rings is 2. The molecule has 1 saturated heterocycles. The summed E-state index contributed by atoms with van der Waals surface area (Å²) < 4.78 is 13.8. The van der Waals surface area contributed by atoms with Crippen molar-refractivity contribution >= 4 is 23.2 Å². The molecule has 0 N–H and O–H groups in total. The number of aryl methyl sites for hydroxylation is 1. The number of hydrogen-bond donors (Lipinski definition) is 0. The molecule has 2 aromatic rings. The van der Waals surface area contributed by atoms with Gasteiger partial charge in [-0.1, -0.05) is 29.5 Å². The van der Waals surface area contributed by atoms with E-state index in [0.717, 1.165) is 4.90 Å². The first-order valence-electron chi connectivity index (χ1n) is 7.47. The van der Waals surface area contributed by atoms with Crippen LogP contribution < -0.4 is 9.91 Å². The third kappa shape index (κ3) is 2.01. The number of amides is 2. The Kier molecular flexibility index (Phi) is 3.16. The van der Waals surface area contributed by atoms with Gasteiger partial charge in [-0.25, -0.2) is 14.3 Å². The lowest BCUT2D eigenvalue weighted by atomic mass is 10.1. The number of rotatable bonds is 2. The molecule has 6 nitrogen and oxygen atoms in total. The van der Waals surface area contributed by atoms with E-state index in [-0.39, 0.29) is 0 Å². The molecule has 0 saturated carbocycles. The molecule has 2 heterocycles. The number of hydrogen-bond acceptors (Lipinski definition) is 5. The van der Waals surface area contributed by atoms with Crippen LogP contribution in [0.3, 0.4) is 0 Å². The van der Waals surface area contributed by atoms with Gasteiger partial charge in [0.2, 0.25) is 0 Å². The number of halogens is 1. The summed E-state index contributed by atoms with van der Waals surface area (Å²) in [6.07, 6.45) is 0. The Morgan fingerprint density at radius 3 is 2.46 bits per heavy atom. The van der Waals surface area contributed by atoms with Gasteiger partial charge in [0, 0.05) is 0 Å². The van der Waals surface area contributed by atoms with Gasteiger partial charge in [-0.3, -0.25) is 9.59 Å². The maximum atomic E-state index is 13.8. The molecule has 2 atom stereocenters. The Morgan fingerprint density at radius 2 is 1.75 bits per heavy atom. The number of imide groups is 1.